The van der Waals surface area contributed by atoms with Crippen LogP contribution in [0.2, 0.25) is 0 Å². The van der Waals surface area contributed by atoms with Crippen LogP contribution in [0.4, 0.5) is 0 Å². The van der Waals surface area contributed by atoms with E-state index in [1.165, 1.54) is 36.7 Å². The molecule has 0 aliphatic rings. The van der Waals surface area contributed by atoms with E-state index in [9.17, 15) is 24.9 Å². The molecular formula is C15H14N2O5. The van der Waals surface area contributed by atoms with Gasteiger partial charge in [-0.3, -0.25) is 9.78 Å². The lowest BCUT2D eigenvalue weighted by Gasteiger charge is -2.15. The number of carbonyl (C=O) groups is 2. The zero-order valence-electron chi connectivity index (χ0n) is 11.4. The SMILES string of the molecule is O=C(N[C@H](Cc1ccc(O)c(O)c1)C(=O)O)c1cccnc1. The molecule has 0 radical (unpaired) electrons. The molecule has 1 aromatic heterocycles. The molecule has 22 heavy (non-hydrogen) atoms. The van der Waals surface area contributed by atoms with Crippen LogP contribution < -0.4 is 5.32 Å². The van der Waals surface area contributed by atoms with Gasteiger partial charge in [-0.15, -0.1) is 0 Å². The number of pyridine rings is 1. The Morgan fingerprint density at radius 1 is 1.18 bits per heavy atom. The van der Waals surface area contributed by atoms with Crippen molar-refractivity contribution in [2.24, 2.45) is 0 Å². The fourth-order valence-electron chi connectivity index (χ4n) is 1.87. The number of nitrogens with one attached hydrogen (secondary N) is 1. The highest BCUT2D eigenvalue weighted by atomic mass is 16.4. The van der Waals surface area contributed by atoms with E-state index in [0.29, 0.717) is 5.56 Å². The smallest absolute Gasteiger partial charge is 0.326 e. The molecule has 7 nitrogen and oxygen atoms in total. The molecule has 0 unspecified atom stereocenters. The number of hydrogen-bond acceptors (Lipinski definition) is 5. The standard InChI is InChI=1S/C15H14N2O5/c18-12-4-3-9(7-13(12)19)6-11(15(21)22)17-14(20)10-2-1-5-16-8-10/h1-5,7-8,11,18-19H,6H2,(H,17,20)(H,21,22)/t11-/m1/s1. The second kappa shape index (κ2) is 6.57. The van der Waals surface area contributed by atoms with Gasteiger partial charge < -0.3 is 20.6 Å². The maximum Gasteiger partial charge on any atom is 0.326 e. The Kier molecular flexibility index (Phi) is 4.57. The van der Waals surface area contributed by atoms with Gasteiger partial charge in [0.15, 0.2) is 11.5 Å². The summed E-state index contributed by atoms with van der Waals surface area (Å²) in [5, 5.41) is 30.3. The number of aromatic hydroxyl groups is 2. The first-order chi connectivity index (χ1) is 10.5. The molecule has 0 fully saturated rings. The lowest BCUT2D eigenvalue weighted by atomic mass is 10.0. The number of carboxylic acids is 1. The largest absolute Gasteiger partial charge is 0.504 e. The average molecular weight is 302 g/mol. The number of amides is 1. The zero-order valence-corrected chi connectivity index (χ0v) is 11.4. The summed E-state index contributed by atoms with van der Waals surface area (Å²) >= 11 is 0. The molecule has 1 atom stereocenters. The molecule has 1 aromatic carbocycles. The molecule has 0 spiro atoms. The van der Waals surface area contributed by atoms with E-state index in [2.05, 4.69) is 10.3 Å². The zero-order chi connectivity index (χ0) is 16.1. The van der Waals surface area contributed by atoms with Crippen molar-refractivity contribution < 1.29 is 24.9 Å². The lowest BCUT2D eigenvalue weighted by molar-refractivity contribution is -0.139. The minimum Gasteiger partial charge on any atom is -0.504 e. The van der Waals surface area contributed by atoms with Crippen molar-refractivity contribution in [3.63, 3.8) is 0 Å². The van der Waals surface area contributed by atoms with Crippen LogP contribution in [-0.2, 0) is 11.2 Å². The highest BCUT2D eigenvalue weighted by molar-refractivity contribution is 5.96. The minimum absolute atomic E-state index is 0.0326. The first kappa shape index (κ1) is 15.3. The molecule has 0 bridgehead atoms. The number of phenols is 2. The predicted molar refractivity (Wildman–Crippen MR) is 76.6 cm³/mol. The summed E-state index contributed by atoms with van der Waals surface area (Å²) in [6, 6.07) is 5.91. The molecule has 0 aliphatic heterocycles. The molecule has 0 saturated carbocycles. The summed E-state index contributed by atoms with van der Waals surface area (Å²) in [5.41, 5.74) is 0.719. The van der Waals surface area contributed by atoms with E-state index < -0.39 is 17.9 Å². The monoisotopic (exact) mass is 302 g/mol. The number of rotatable bonds is 5. The van der Waals surface area contributed by atoms with Crippen molar-refractivity contribution >= 4 is 11.9 Å². The molecule has 2 rings (SSSR count). The fraction of sp³-hybridized carbons (Fsp3) is 0.133. The molecule has 4 N–H and O–H groups in total. The number of nitrogens with zero attached hydrogens (tertiary/aromatic N) is 1. The van der Waals surface area contributed by atoms with Crippen molar-refractivity contribution in [1.29, 1.82) is 0 Å². The maximum absolute atomic E-state index is 12.0. The van der Waals surface area contributed by atoms with E-state index in [1.807, 2.05) is 0 Å². The van der Waals surface area contributed by atoms with Crippen LogP contribution in [0.3, 0.4) is 0 Å². The topological polar surface area (TPSA) is 120 Å². The Morgan fingerprint density at radius 2 is 1.95 bits per heavy atom. The molecule has 1 heterocycles. The number of benzene rings is 1. The number of hydrogen-bond donors (Lipinski definition) is 4. The third-order valence-electron chi connectivity index (χ3n) is 3.01. The minimum atomic E-state index is -1.20. The Labute approximate surface area is 125 Å². The summed E-state index contributed by atoms with van der Waals surface area (Å²) in [4.78, 5) is 27.0. The quantitative estimate of drug-likeness (QED) is 0.610. The molecule has 0 saturated heterocycles. The van der Waals surface area contributed by atoms with Crippen LogP contribution >= 0.6 is 0 Å². The number of aliphatic carboxylic acids is 1. The van der Waals surface area contributed by atoms with Crippen molar-refractivity contribution in [2.45, 2.75) is 12.5 Å². The molecular weight excluding hydrogens is 288 g/mol. The maximum atomic E-state index is 12.0. The van der Waals surface area contributed by atoms with E-state index in [0.717, 1.165) is 0 Å². The number of carboxylic acid groups (broad SMARTS) is 1. The Bertz CT molecular complexity index is 688. The Hall–Kier alpha value is -3.09. The molecule has 114 valence electrons. The van der Waals surface area contributed by atoms with Gasteiger partial charge in [-0.2, -0.15) is 0 Å². The van der Waals surface area contributed by atoms with Crippen LogP contribution in [0.25, 0.3) is 0 Å². The van der Waals surface area contributed by atoms with Gasteiger partial charge in [-0.25, -0.2) is 4.79 Å². The second-order valence-corrected chi connectivity index (χ2v) is 4.63. The van der Waals surface area contributed by atoms with Gasteiger partial charge in [0.2, 0.25) is 0 Å². The van der Waals surface area contributed by atoms with Crippen molar-refractivity contribution in [1.82, 2.24) is 10.3 Å². The number of aromatic nitrogens is 1. The van der Waals surface area contributed by atoms with Gasteiger partial charge in [-0.05, 0) is 29.8 Å². The fourth-order valence-corrected chi connectivity index (χ4v) is 1.87. The first-order valence-electron chi connectivity index (χ1n) is 6.42. The predicted octanol–water partition coefficient (Wildman–Crippen LogP) is 0.918. The summed E-state index contributed by atoms with van der Waals surface area (Å²) in [6.07, 6.45) is 2.81. The van der Waals surface area contributed by atoms with Gasteiger partial charge in [0, 0.05) is 18.8 Å². The van der Waals surface area contributed by atoms with Gasteiger partial charge in [0.05, 0.1) is 5.56 Å². The second-order valence-electron chi connectivity index (χ2n) is 4.63. The highest BCUT2D eigenvalue weighted by Gasteiger charge is 2.21. The molecule has 0 aliphatic carbocycles. The normalized spacial score (nSPS) is 11.6. The third-order valence-corrected chi connectivity index (χ3v) is 3.01. The van der Waals surface area contributed by atoms with Crippen LogP contribution in [-0.4, -0.2) is 38.2 Å². The van der Waals surface area contributed by atoms with E-state index in [-0.39, 0.29) is 23.5 Å². The van der Waals surface area contributed by atoms with Crippen LogP contribution in [0.1, 0.15) is 15.9 Å². The number of phenolic OH excluding ortho intramolecular Hbond substituents is 2. The van der Waals surface area contributed by atoms with Crippen LogP contribution in [0.5, 0.6) is 11.5 Å². The third kappa shape index (κ3) is 3.72. The number of carbonyl (C=O) groups excluding carboxylic acids is 1. The first-order valence-corrected chi connectivity index (χ1v) is 6.42. The summed E-state index contributed by atoms with van der Waals surface area (Å²) in [6.45, 7) is 0. The van der Waals surface area contributed by atoms with Crippen molar-refractivity contribution in [3.05, 3.63) is 53.9 Å². The summed E-state index contributed by atoms with van der Waals surface area (Å²) in [7, 11) is 0. The summed E-state index contributed by atoms with van der Waals surface area (Å²) < 4.78 is 0. The van der Waals surface area contributed by atoms with Gasteiger partial charge >= 0.3 is 5.97 Å². The lowest BCUT2D eigenvalue weighted by Crippen LogP contribution is -2.42. The van der Waals surface area contributed by atoms with Crippen LogP contribution in [0.15, 0.2) is 42.7 Å². The van der Waals surface area contributed by atoms with Gasteiger partial charge in [0.1, 0.15) is 6.04 Å². The molecule has 2 aromatic rings. The highest BCUT2D eigenvalue weighted by Crippen LogP contribution is 2.25. The van der Waals surface area contributed by atoms with Crippen molar-refractivity contribution in [3.8, 4) is 11.5 Å². The van der Waals surface area contributed by atoms with Gasteiger partial charge in [0.25, 0.3) is 5.91 Å². The molecule has 7 heteroatoms. The summed E-state index contributed by atoms with van der Waals surface area (Å²) in [5.74, 6) is -2.40. The van der Waals surface area contributed by atoms with Gasteiger partial charge in [-0.1, -0.05) is 6.07 Å². The Balaban J connectivity index is 2.12. The van der Waals surface area contributed by atoms with Crippen molar-refractivity contribution in [2.75, 3.05) is 0 Å². The van der Waals surface area contributed by atoms with E-state index in [1.54, 1.807) is 6.07 Å². The van der Waals surface area contributed by atoms with E-state index in [4.69, 9.17) is 0 Å². The van der Waals surface area contributed by atoms with Crippen LogP contribution in [0, 0.1) is 0 Å². The molecule has 1 amide bonds. The Morgan fingerprint density at radius 3 is 2.55 bits per heavy atom. The van der Waals surface area contributed by atoms with E-state index >= 15 is 0 Å². The average Bonchev–Trinajstić information content (AvgIpc) is 2.51.